The molecule has 2 aromatic carbocycles. The summed E-state index contributed by atoms with van der Waals surface area (Å²) in [5.41, 5.74) is 1.63. The van der Waals surface area contributed by atoms with E-state index >= 15 is 0 Å². The lowest BCUT2D eigenvalue weighted by atomic mass is 10.1. The van der Waals surface area contributed by atoms with E-state index in [1.54, 1.807) is 52.7 Å². The predicted octanol–water partition coefficient (Wildman–Crippen LogP) is 4.62. The number of methoxy groups -OCH3 is 4. The molecule has 0 aliphatic rings. The van der Waals surface area contributed by atoms with E-state index in [4.69, 9.17) is 18.9 Å². The fourth-order valence-corrected chi connectivity index (χ4v) is 2.97. The van der Waals surface area contributed by atoms with Gasteiger partial charge < -0.3 is 24.3 Å². The van der Waals surface area contributed by atoms with Crippen molar-refractivity contribution in [3.8, 4) is 23.0 Å². The molecule has 0 aliphatic heterocycles. The molecule has 2 aromatic rings. The zero-order valence-corrected chi connectivity index (χ0v) is 18.0. The van der Waals surface area contributed by atoms with Crippen molar-refractivity contribution in [3.05, 3.63) is 59.1 Å². The summed E-state index contributed by atoms with van der Waals surface area (Å²) in [6, 6.07) is 11.0. The highest BCUT2D eigenvalue weighted by atomic mass is 32.2. The topological polar surface area (TPSA) is 66.0 Å². The van der Waals surface area contributed by atoms with Crippen LogP contribution in [-0.4, -0.2) is 40.5 Å². The second-order valence-corrected chi connectivity index (χ2v) is 6.61. The minimum Gasteiger partial charge on any atom is -0.497 e. The van der Waals surface area contributed by atoms with Crippen LogP contribution in [0.3, 0.4) is 0 Å². The Kier molecular flexibility index (Phi) is 8.48. The molecule has 0 heterocycles. The Morgan fingerprint density at radius 3 is 2.03 bits per heavy atom. The van der Waals surface area contributed by atoms with Gasteiger partial charge in [-0.15, -0.1) is 11.8 Å². The number of hydrogen-bond donors (Lipinski definition) is 1. The highest BCUT2D eigenvalue weighted by Crippen LogP contribution is 2.38. The quantitative estimate of drug-likeness (QED) is 0.568. The van der Waals surface area contributed by atoms with Gasteiger partial charge in [0.25, 0.3) is 0 Å². The Balaban J connectivity index is 2.15. The SMILES string of the molecule is COc1ccc(N/C(=C\C(=O)/C=C/c2cc(OC)c(OC)c(OC)c2)SC)cc1. The molecule has 0 amide bonds. The van der Waals surface area contributed by atoms with Gasteiger partial charge in [0.2, 0.25) is 5.75 Å². The average Bonchev–Trinajstić information content (AvgIpc) is 2.76. The van der Waals surface area contributed by atoms with Gasteiger partial charge in [-0.25, -0.2) is 0 Å². The van der Waals surface area contributed by atoms with Crippen LogP contribution in [-0.2, 0) is 4.79 Å². The number of ketones is 1. The summed E-state index contributed by atoms with van der Waals surface area (Å²) in [5.74, 6) is 2.19. The summed E-state index contributed by atoms with van der Waals surface area (Å²) in [6.07, 6.45) is 6.64. The number of benzene rings is 2. The minimum atomic E-state index is -0.149. The smallest absolute Gasteiger partial charge is 0.203 e. The largest absolute Gasteiger partial charge is 0.497 e. The highest BCUT2D eigenvalue weighted by molar-refractivity contribution is 8.02. The molecule has 0 spiro atoms. The van der Waals surface area contributed by atoms with Crippen LogP contribution >= 0.6 is 11.8 Å². The zero-order valence-electron chi connectivity index (χ0n) is 17.1. The summed E-state index contributed by atoms with van der Waals surface area (Å²) in [7, 11) is 6.27. The van der Waals surface area contributed by atoms with Crippen molar-refractivity contribution < 1.29 is 23.7 Å². The molecule has 0 saturated heterocycles. The van der Waals surface area contributed by atoms with Gasteiger partial charge in [-0.05, 0) is 54.3 Å². The van der Waals surface area contributed by atoms with Crippen molar-refractivity contribution in [1.82, 2.24) is 0 Å². The first-order valence-corrected chi connectivity index (χ1v) is 9.95. The lowest BCUT2D eigenvalue weighted by molar-refractivity contribution is -0.110. The molecular weight excluding hydrogens is 390 g/mol. The van der Waals surface area contributed by atoms with E-state index in [-0.39, 0.29) is 5.78 Å². The van der Waals surface area contributed by atoms with Gasteiger partial charge in [0.05, 0.1) is 33.5 Å². The Morgan fingerprint density at radius 2 is 1.55 bits per heavy atom. The van der Waals surface area contributed by atoms with E-state index in [1.165, 1.54) is 17.8 Å². The standard InChI is InChI=1S/C22H25NO5S/c1-25-18-10-7-16(8-11-18)23-21(29-5)14-17(24)9-6-15-12-19(26-2)22(28-4)20(13-15)27-3/h6-14,23H,1-5H3/b9-6+,21-14+. The number of rotatable bonds is 10. The monoisotopic (exact) mass is 415 g/mol. The van der Waals surface area contributed by atoms with Crippen LogP contribution in [0.4, 0.5) is 5.69 Å². The first-order chi connectivity index (χ1) is 14.0. The Bertz CT molecular complexity index is 866. The normalized spacial score (nSPS) is 11.3. The van der Waals surface area contributed by atoms with Gasteiger partial charge in [-0.1, -0.05) is 6.08 Å². The number of thioether (sulfide) groups is 1. The maximum absolute atomic E-state index is 12.4. The van der Waals surface area contributed by atoms with Gasteiger partial charge in [0.1, 0.15) is 5.75 Å². The number of carbonyl (C=O) groups is 1. The third-order valence-corrected chi connectivity index (χ3v) is 4.64. The van der Waals surface area contributed by atoms with Crippen LogP contribution < -0.4 is 24.3 Å². The van der Waals surface area contributed by atoms with Gasteiger partial charge >= 0.3 is 0 Å². The molecule has 29 heavy (non-hydrogen) atoms. The average molecular weight is 416 g/mol. The maximum Gasteiger partial charge on any atom is 0.203 e. The van der Waals surface area contributed by atoms with Crippen LogP contribution in [0.5, 0.6) is 23.0 Å². The number of nitrogens with one attached hydrogen (secondary N) is 1. The van der Waals surface area contributed by atoms with Crippen molar-refractivity contribution in [2.24, 2.45) is 0 Å². The molecule has 2 rings (SSSR count). The number of hydrogen-bond acceptors (Lipinski definition) is 7. The first kappa shape index (κ1) is 22.2. The number of anilines is 1. The van der Waals surface area contributed by atoms with Gasteiger partial charge in [0.15, 0.2) is 17.3 Å². The van der Waals surface area contributed by atoms with E-state index in [9.17, 15) is 4.79 Å². The van der Waals surface area contributed by atoms with E-state index in [2.05, 4.69) is 5.32 Å². The number of carbonyl (C=O) groups excluding carboxylic acids is 1. The number of allylic oxidation sites excluding steroid dienone is 2. The van der Waals surface area contributed by atoms with E-state index in [0.29, 0.717) is 17.2 Å². The van der Waals surface area contributed by atoms with E-state index in [1.807, 2.05) is 30.5 Å². The van der Waals surface area contributed by atoms with Crippen LogP contribution in [0.15, 0.2) is 53.6 Å². The lowest BCUT2D eigenvalue weighted by Gasteiger charge is -2.12. The molecule has 0 aromatic heterocycles. The molecule has 0 unspecified atom stereocenters. The van der Waals surface area contributed by atoms with Crippen molar-refractivity contribution in [3.63, 3.8) is 0 Å². The van der Waals surface area contributed by atoms with Gasteiger partial charge in [0, 0.05) is 11.8 Å². The Labute approximate surface area is 175 Å². The van der Waals surface area contributed by atoms with Gasteiger partial charge in [-0.2, -0.15) is 0 Å². The molecule has 0 aliphatic carbocycles. The fraction of sp³-hybridized carbons (Fsp3) is 0.227. The van der Waals surface area contributed by atoms with Crippen LogP contribution in [0.1, 0.15) is 5.56 Å². The molecule has 6 nitrogen and oxygen atoms in total. The molecular formula is C22H25NO5S. The molecule has 1 N–H and O–H groups in total. The molecule has 0 fully saturated rings. The minimum absolute atomic E-state index is 0.149. The second kappa shape index (κ2) is 11.1. The summed E-state index contributed by atoms with van der Waals surface area (Å²) in [5, 5.41) is 3.95. The molecule has 0 saturated carbocycles. The first-order valence-electron chi connectivity index (χ1n) is 8.73. The summed E-state index contributed by atoms with van der Waals surface area (Å²) in [4.78, 5) is 12.4. The zero-order chi connectivity index (χ0) is 21.2. The van der Waals surface area contributed by atoms with Crippen molar-refractivity contribution in [2.45, 2.75) is 0 Å². The van der Waals surface area contributed by atoms with Crippen LogP contribution in [0, 0.1) is 0 Å². The summed E-state index contributed by atoms with van der Waals surface area (Å²) in [6.45, 7) is 0. The van der Waals surface area contributed by atoms with Crippen molar-refractivity contribution >= 4 is 29.3 Å². The second-order valence-electron chi connectivity index (χ2n) is 5.76. The predicted molar refractivity (Wildman–Crippen MR) is 118 cm³/mol. The van der Waals surface area contributed by atoms with Crippen LogP contribution in [0.2, 0.25) is 0 Å². The molecule has 0 atom stereocenters. The van der Waals surface area contributed by atoms with Crippen LogP contribution in [0.25, 0.3) is 6.08 Å². The molecule has 0 bridgehead atoms. The Hall–Kier alpha value is -3.06. The van der Waals surface area contributed by atoms with Crippen molar-refractivity contribution in [1.29, 1.82) is 0 Å². The summed E-state index contributed by atoms with van der Waals surface area (Å²) < 4.78 is 21.1. The summed E-state index contributed by atoms with van der Waals surface area (Å²) >= 11 is 1.45. The van der Waals surface area contributed by atoms with E-state index < -0.39 is 0 Å². The van der Waals surface area contributed by atoms with Gasteiger partial charge in [-0.3, -0.25) is 4.79 Å². The lowest BCUT2D eigenvalue weighted by Crippen LogP contribution is -1.99. The fourth-order valence-electron chi connectivity index (χ4n) is 2.52. The third-order valence-electron chi connectivity index (χ3n) is 3.98. The highest BCUT2D eigenvalue weighted by Gasteiger charge is 2.12. The van der Waals surface area contributed by atoms with E-state index in [0.717, 1.165) is 22.0 Å². The molecule has 0 radical (unpaired) electrons. The third kappa shape index (κ3) is 6.22. The molecule has 7 heteroatoms. The molecule has 154 valence electrons. The maximum atomic E-state index is 12.4. The Morgan fingerprint density at radius 1 is 0.931 bits per heavy atom. The number of ether oxygens (including phenoxy) is 4. The van der Waals surface area contributed by atoms with Crippen molar-refractivity contribution in [2.75, 3.05) is 40.0 Å².